The molecule has 2 rings (SSSR count). The molecule has 0 spiro atoms. The Morgan fingerprint density at radius 1 is 1.50 bits per heavy atom. The van der Waals surface area contributed by atoms with Crippen molar-refractivity contribution in [1.82, 2.24) is 4.98 Å². The summed E-state index contributed by atoms with van der Waals surface area (Å²) in [5.74, 6) is 0.867. The van der Waals surface area contributed by atoms with Gasteiger partial charge in [-0.25, -0.2) is 4.98 Å². The van der Waals surface area contributed by atoms with Crippen LogP contribution in [-0.2, 0) is 6.42 Å². The van der Waals surface area contributed by atoms with E-state index in [1.165, 1.54) is 0 Å². The van der Waals surface area contributed by atoms with Crippen LogP contribution in [0.4, 0.5) is 0 Å². The number of benzene rings is 1. The van der Waals surface area contributed by atoms with Gasteiger partial charge in [-0.05, 0) is 46.6 Å². The van der Waals surface area contributed by atoms with Gasteiger partial charge in [-0.1, -0.05) is 0 Å². The number of nitriles is 1. The summed E-state index contributed by atoms with van der Waals surface area (Å²) in [4.78, 5) is 4.47. The van der Waals surface area contributed by atoms with Gasteiger partial charge in [0.1, 0.15) is 10.8 Å². The Kier molecular flexibility index (Phi) is 4.00. The van der Waals surface area contributed by atoms with E-state index >= 15 is 0 Å². The second-order valence-electron chi connectivity index (χ2n) is 3.76. The topological polar surface area (TPSA) is 45.9 Å². The first-order valence-electron chi connectivity index (χ1n) is 5.33. The summed E-state index contributed by atoms with van der Waals surface area (Å²) in [6, 6.07) is 8.07. The number of hydrogen-bond acceptors (Lipinski definition) is 4. The zero-order valence-electron chi connectivity index (χ0n) is 10.0. The second-order valence-corrected chi connectivity index (χ2v) is 6.08. The number of thiazole rings is 1. The second kappa shape index (κ2) is 5.51. The van der Waals surface area contributed by atoms with Gasteiger partial charge in [0.2, 0.25) is 0 Å². The van der Waals surface area contributed by atoms with Crippen molar-refractivity contribution in [2.75, 3.05) is 7.11 Å². The molecule has 0 bridgehead atoms. The Morgan fingerprint density at radius 2 is 2.28 bits per heavy atom. The fourth-order valence-electron chi connectivity index (χ4n) is 1.65. The largest absolute Gasteiger partial charge is 0.496 e. The molecule has 0 atom stereocenters. The quantitative estimate of drug-likeness (QED) is 0.859. The van der Waals surface area contributed by atoms with E-state index in [4.69, 9.17) is 10.00 Å². The van der Waals surface area contributed by atoms with Crippen LogP contribution in [0.5, 0.6) is 5.75 Å². The van der Waals surface area contributed by atoms with Crippen LogP contribution < -0.4 is 4.74 Å². The number of hydrogen-bond donors (Lipinski definition) is 0. The van der Waals surface area contributed by atoms with Crippen LogP contribution in [0.15, 0.2) is 22.0 Å². The third kappa shape index (κ3) is 2.55. The number of ether oxygens (including phenoxy) is 1. The fourth-order valence-corrected chi connectivity index (χ4v) is 3.15. The maximum atomic E-state index is 8.71. The number of halogens is 1. The summed E-state index contributed by atoms with van der Waals surface area (Å²) in [7, 11) is 1.66. The molecule has 0 N–H and O–H groups in total. The average Bonchev–Trinajstić information content (AvgIpc) is 2.71. The highest BCUT2D eigenvalue weighted by atomic mass is 79.9. The van der Waals surface area contributed by atoms with E-state index in [0.717, 1.165) is 31.4 Å². The molecule has 0 amide bonds. The van der Waals surface area contributed by atoms with Gasteiger partial charge in [0.15, 0.2) is 0 Å². The Bertz CT molecular complexity index is 616. The maximum absolute atomic E-state index is 8.71. The molecule has 0 fully saturated rings. The zero-order chi connectivity index (χ0) is 13.1. The van der Waals surface area contributed by atoms with Crippen LogP contribution in [0.2, 0.25) is 0 Å². The van der Waals surface area contributed by atoms with Gasteiger partial charge < -0.3 is 4.74 Å². The SMILES string of the molecule is COc1ccc(-c2nc(CC#N)c(Br)s2)cc1C. The van der Waals surface area contributed by atoms with Crippen LogP contribution in [0.1, 0.15) is 11.3 Å². The van der Waals surface area contributed by atoms with Gasteiger partial charge in [0.25, 0.3) is 0 Å². The van der Waals surface area contributed by atoms with Crippen molar-refractivity contribution < 1.29 is 4.74 Å². The number of aromatic nitrogens is 1. The van der Waals surface area contributed by atoms with Crippen molar-refractivity contribution in [3.63, 3.8) is 0 Å². The first kappa shape index (κ1) is 13.1. The van der Waals surface area contributed by atoms with Crippen LogP contribution in [0.25, 0.3) is 10.6 Å². The Morgan fingerprint density at radius 3 is 2.89 bits per heavy atom. The summed E-state index contributed by atoms with van der Waals surface area (Å²) >= 11 is 4.99. The highest BCUT2D eigenvalue weighted by Gasteiger charge is 2.11. The summed E-state index contributed by atoms with van der Waals surface area (Å²) in [6.45, 7) is 2.00. The van der Waals surface area contributed by atoms with Crippen LogP contribution in [0.3, 0.4) is 0 Å². The van der Waals surface area contributed by atoms with Crippen molar-refractivity contribution in [2.45, 2.75) is 13.3 Å². The molecule has 0 radical (unpaired) electrons. The van der Waals surface area contributed by atoms with E-state index in [0.29, 0.717) is 6.42 Å². The molecule has 18 heavy (non-hydrogen) atoms. The minimum absolute atomic E-state index is 0.326. The van der Waals surface area contributed by atoms with Gasteiger partial charge in [-0.2, -0.15) is 5.26 Å². The molecule has 0 unspecified atom stereocenters. The molecule has 2 aromatic rings. The Balaban J connectivity index is 2.40. The van der Waals surface area contributed by atoms with E-state index in [-0.39, 0.29) is 0 Å². The smallest absolute Gasteiger partial charge is 0.124 e. The lowest BCUT2D eigenvalue weighted by molar-refractivity contribution is 0.412. The minimum Gasteiger partial charge on any atom is -0.496 e. The molecule has 5 heteroatoms. The minimum atomic E-state index is 0.326. The third-order valence-corrected chi connectivity index (χ3v) is 4.42. The fraction of sp³-hybridized carbons (Fsp3) is 0.231. The first-order valence-corrected chi connectivity index (χ1v) is 6.94. The normalized spacial score (nSPS) is 10.1. The van der Waals surface area contributed by atoms with Gasteiger partial charge in [-0.15, -0.1) is 11.3 Å². The lowest BCUT2D eigenvalue weighted by atomic mass is 10.1. The maximum Gasteiger partial charge on any atom is 0.124 e. The monoisotopic (exact) mass is 322 g/mol. The van der Waals surface area contributed by atoms with Gasteiger partial charge in [0, 0.05) is 5.56 Å². The van der Waals surface area contributed by atoms with Crippen LogP contribution >= 0.6 is 27.3 Å². The summed E-state index contributed by atoms with van der Waals surface area (Å²) in [5.41, 5.74) is 2.91. The average molecular weight is 323 g/mol. The van der Waals surface area contributed by atoms with E-state index < -0.39 is 0 Å². The number of methoxy groups -OCH3 is 1. The van der Waals surface area contributed by atoms with Crippen LogP contribution in [-0.4, -0.2) is 12.1 Å². The molecule has 1 aromatic heterocycles. The molecule has 0 saturated heterocycles. The molecular weight excluding hydrogens is 312 g/mol. The van der Waals surface area contributed by atoms with E-state index in [1.807, 2.05) is 25.1 Å². The molecular formula is C13H11BrN2OS. The van der Waals surface area contributed by atoms with Gasteiger partial charge >= 0.3 is 0 Å². The van der Waals surface area contributed by atoms with Gasteiger partial charge in [0.05, 0.1) is 29.1 Å². The highest BCUT2D eigenvalue weighted by Crippen LogP contribution is 2.34. The van der Waals surface area contributed by atoms with Crippen molar-refractivity contribution >= 4 is 27.3 Å². The standard InChI is InChI=1S/C13H11BrN2OS/c1-8-7-9(3-4-11(8)17-2)13-16-10(5-6-15)12(14)18-13/h3-4,7H,5H2,1-2H3. The Hall–Kier alpha value is -1.38. The van der Waals surface area contributed by atoms with E-state index in [2.05, 4.69) is 27.0 Å². The molecule has 92 valence electrons. The lowest BCUT2D eigenvalue weighted by Crippen LogP contribution is -1.88. The molecule has 1 aromatic carbocycles. The van der Waals surface area contributed by atoms with Crippen molar-refractivity contribution in [3.8, 4) is 22.4 Å². The van der Waals surface area contributed by atoms with E-state index in [9.17, 15) is 0 Å². The molecule has 0 aliphatic rings. The summed E-state index contributed by atoms with van der Waals surface area (Å²) in [5, 5.41) is 9.63. The first-order chi connectivity index (χ1) is 8.65. The molecule has 0 saturated carbocycles. The number of nitrogens with zero attached hydrogens (tertiary/aromatic N) is 2. The molecule has 0 aliphatic carbocycles. The number of rotatable bonds is 3. The molecule has 3 nitrogen and oxygen atoms in total. The van der Waals surface area contributed by atoms with Crippen molar-refractivity contribution in [1.29, 1.82) is 5.26 Å². The molecule has 1 heterocycles. The third-order valence-electron chi connectivity index (χ3n) is 2.54. The molecule has 0 aliphatic heterocycles. The van der Waals surface area contributed by atoms with E-state index in [1.54, 1.807) is 18.4 Å². The predicted octanol–water partition coefficient (Wildman–Crippen LogP) is 3.96. The predicted molar refractivity (Wildman–Crippen MR) is 75.9 cm³/mol. The Labute approximate surface area is 118 Å². The van der Waals surface area contributed by atoms with Crippen LogP contribution in [0, 0.1) is 18.3 Å². The van der Waals surface area contributed by atoms with Crippen molar-refractivity contribution in [2.24, 2.45) is 0 Å². The zero-order valence-corrected chi connectivity index (χ0v) is 12.4. The lowest BCUT2D eigenvalue weighted by Gasteiger charge is -2.05. The van der Waals surface area contributed by atoms with Gasteiger partial charge in [-0.3, -0.25) is 0 Å². The van der Waals surface area contributed by atoms with Crippen molar-refractivity contribution in [3.05, 3.63) is 33.2 Å². The summed E-state index contributed by atoms with van der Waals surface area (Å²) in [6.07, 6.45) is 0.326. The number of aryl methyl sites for hydroxylation is 1. The highest BCUT2D eigenvalue weighted by molar-refractivity contribution is 9.11. The summed E-state index contributed by atoms with van der Waals surface area (Å²) < 4.78 is 6.16.